The molecule has 2 nitrogen and oxygen atoms in total. The Labute approximate surface area is 150 Å². The number of allylic oxidation sites excluding steroid dienone is 2. The van der Waals surface area contributed by atoms with Gasteiger partial charge in [0.05, 0.1) is 12.2 Å². The summed E-state index contributed by atoms with van der Waals surface area (Å²) in [6.45, 7) is 13.7. The Morgan fingerprint density at radius 1 is 1.28 bits per heavy atom. The van der Waals surface area contributed by atoms with Gasteiger partial charge in [-0.15, -0.1) is 0 Å². The van der Waals surface area contributed by atoms with Crippen LogP contribution in [0.1, 0.15) is 53.0 Å². The summed E-state index contributed by atoms with van der Waals surface area (Å²) in [6.07, 6.45) is 6.39. The van der Waals surface area contributed by atoms with Gasteiger partial charge < -0.3 is 0 Å². The quantitative estimate of drug-likeness (QED) is 0.551. The van der Waals surface area contributed by atoms with Gasteiger partial charge in [0.15, 0.2) is 0 Å². The molecule has 4 heteroatoms. The predicted molar refractivity (Wildman–Crippen MR) is 104 cm³/mol. The Morgan fingerprint density at radius 2 is 1.84 bits per heavy atom. The van der Waals surface area contributed by atoms with E-state index in [1.54, 1.807) is 18.2 Å². The number of hydrogen-bond acceptors (Lipinski definition) is 2. The van der Waals surface area contributed by atoms with E-state index in [2.05, 4.69) is 32.5 Å². The summed E-state index contributed by atoms with van der Waals surface area (Å²) in [5.74, 6) is -2.57. The fourth-order valence-corrected chi connectivity index (χ4v) is 2.47. The predicted octanol–water partition coefficient (Wildman–Crippen LogP) is 6.55. The first-order valence-corrected chi connectivity index (χ1v) is 8.84. The lowest BCUT2D eigenvalue weighted by atomic mass is 9.96. The maximum Gasteiger partial charge on any atom is 0.270 e. The van der Waals surface area contributed by atoms with Crippen LogP contribution in [0.2, 0.25) is 0 Å². The molecule has 0 spiro atoms. The van der Waals surface area contributed by atoms with E-state index >= 15 is 0 Å². The van der Waals surface area contributed by atoms with Crippen LogP contribution in [0.3, 0.4) is 0 Å². The number of halogens is 2. The highest BCUT2D eigenvalue weighted by molar-refractivity contribution is 5.90. The van der Waals surface area contributed by atoms with Crippen molar-refractivity contribution >= 4 is 11.4 Å². The van der Waals surface area contributed by atoms with Crippen molar-refractivity contribution < 1.29 is 8.78 Å². The molecule has 0 bridgehead atoms. The van der Waals surface area contributed by atoms with E-state index < -0.39 is 5.92 Å². The van der Waals surface area contributed by atoms with Crippen molar-refractivity contribution in [2.45, 2.75) is 53.4 Å². The highest BCUT2D eigenvalue weighted by Gasteiger charge is 2.27. The van der Waals surface area contributed by atoms with Gasteiger partial charge >= 0.3 is 0 Å². The molecule has 1 aliphatic rings. The van der Waals surface area contributed by atoms with Crippen molar-refractivity contribution in [1.29, 1.82) is 0 Å². The Kier molecular flexibility index (Phi) is 8.01. The maximum atomic E-state index is 13.2. The van der Waals surface area contributed by atoms with Crippen LogP contribution in [0, 0.1) is 5.92 Å². The summed E-state index contributed by atoms with van der Waals surface area (Å²) in [5.41, 5.74) is 3.07. The minimum atomic E-state index is -2.81. The molecule has 0 radical (unpaired) electrons. The molecule has 1 unspecified atom stereocenters. The van der Waals surface area contributed by atoms with E-state index in [1.165, 1.54) is 30.5 Å². The molecule has 25 heavy (non-hydrogen) atoms. The van der Waals surface area contributed by atoms with Gasteiger partial charge in [0.25, 0.3) is 5.92 Å². The van der Waals surface area contributed by atoms with E-state index in [0.29, 0.717) is 0 Å². The van der Waals surface area contributed by atoms with Crippen molar-refractivity contribution in [3.05, 3.63) is 54.1 Å². The van der Waals surface area contributed by atoms with Crippen LogP contribution in [-0.4, -0.2) is 12.3 Å². The van der Waals surface area contributed by atoms with Gasteiger partial charge in [-0.25, -0.2) is 8.78 Å². The normalized spacial score (nSPS) is 17.7. The summed E-state index contributed by atoms with van der Waals surface area (Å²) < 4.78 is 26.4. The van der Waals surface area contributed by atoms with Gasteiger partial charge in [0, 0.05) is 24.1 Å². The summed E-state index contributed by atoms with van der Waals surface area (Å²) in [6, 6.07) is 6.30. The average Bonchev–Trinajstić information content (AvgIpc) is 2.96. The van der Waals surface area contributed by atoms with Crippen LogP contribution in [-0.2, 0) is 5.92 Å². The topological polar surface area (TPSA) is 15.6 Å². The molecule has 138 valence electrons. The van der Waals surface area contributed by atoms with Gasteiger partial charge in [-0.2, -0.15) is 5.10 Å². The molecule has 0 aliphatic carbocycles. The van der Waals surface area contributed by atoms with E-state index in [0.717, 1.165) is 24.9 Å². The highest BCUT2D eigenvalue weighted by Crippen LogP contribution is 2.31. The summed E-state index contributed by atoms with van der Waals surface area (Å²) in [5, 5.41) is 6.38. The number of anilines is 1. The van der Waals surface area contributed by atoms with Crippen molar-refractivity contribution in [3.8, 4) is 0 Å². The summed E-state index contributed by atoms with van der Waals surface area (Å²) in [4.78, 5) is 0. The second-order valence-corrected chi connectivity index (χ2v) is 6.46. The third-order valence-electron chi connectivity index (χ3n) is 4.24. The molecule has 1 heterocycles. The lowest BCUT2D eigenvalue weighted by Gasteiger charge is -2.18. The number of nitrogens with zero attached hydrogens (tertiary/aromatic N) is 2. The number of rotatable bonds is 5. The van der Waals surface area contributed by atoms with Crippen molar-refractivity contribution in [2.24, 2.45) is 11.0 Å². The van der Waals surface area contributed by atoms with E-state index in [9.17, 15) is 8.78 Å². The van der Waals surface area contributed by atoms with Gasteiger partial charge in [0.2, 0.25) is 0 Å². The van der Waals surface area contributed by atoms with Gasteiger partial charge in [-0.3, -0.25) is 5.01 Å². The Bertz CT molecular complexity index is 608. The number of hydrazone groups is 1. The Morgan fingerprint density at radius 3 is 2.28 bits per heavy atom. The minimum Gasteiger partial charge on any atom is -0.265 e. The van der Waals surface area contributed by atoms with Crippen LogP contribution in [0.4, 0.5) is 14.5 Å². The first-order valence-electron chi connectivity index (χ1n) is 8.84. The Hall–Kier alpha value is -1.97. The van der Waals surface area contributed by atoms with Crippen molar-refractivity contribution in [3.63, 3.8) is 0 Å². The van der Waals surface area contributed by atoms with Gasteiger partial charge in [-0.1, -0.05) is 63.1 Å². The van der Waals surface area contributed by atoms with Crippen LogP contribution < -0.4 is 5.01 Å². The maximum absolute atomic E-state index is 13.2. The molecule has 0 aromatic heterocycles. The van der Waals surface area contributed by atoms with Crippen LogP contribution in [0.5, 0.6) is 0 Å². The van der Waals surface area contributed by atoms with Gasteiger partial charge in [-0.05, 0) is 26.0 Å². The number of unbranched alkanes of at least 4 members (excludes halogenated alkanes) is 1. The van der Waals surface area contributed by atoms with Crippen LogP contribution in [0.15, 0.2) is 53.7 Å². The molecule has 0 saturated carbocycles. The second-order valence-electron chi connectivity index (χ2n) is 6.46. The fraction of sp³-hybridized carbons (Fsp3) is 0.476. The smallest absolute Gasteiger partial charge is 0.265 e. The molecule has 0 N–H and O–H groups in total. The molecule has 2 rings (SSSR count). The van der Waals surface area contributed by atoms with Gasteiger partial charge in [0.1, 0.15) is 0 Å². The molecule has 1 aliphatic heterocycles. The lowest BCUT2D eigenvalue weighted by molar-refractivity contribution is 0.0175. The standard InChI is InChI=1S/C17H20F2N2.C4H10/c1-5-6-12(2)16-11-21(20-13(16)3)15-9-7-14(8-10-15)17(4,18)19;1-3-4-2/h5-10,16H,1,11H2,2-4H3;3-4H2,1-2H3/b12-6+;. The second kappa shape index (κ2) is 9.50. The van der Waals surface area contributed by atoms with E-state index in [-0.39, 0.29) is 11.5 Å². The van der Waals surface area contributed by atoms with E-state index in [4.69, 9.17) is 0 Å². The van der Waals surface area contributed by atoms with Crippen molar-refractivity contribution in [2.75, 3.05) is 11.6 Å². The first-order chi connectivity index (χ1) is 11.7. The molecule has 0 fully saturated rings. The highest BCUT2D eigenvalue weighted by atomic mass is 19.3. The minimum absolute atomic E-state index is 0.0189. The zero-order chi connectivity index (χ0) is 19.0. The number of hydrogen-bond donors (Lipinski definition) is 0. The van der Waals surface area contributed by atoms with Crippen LogP contribution in [0.25, 0.3) is 0 Å². The first kappa shape index (κ1) is 21.1. The van der Waals surface area contributed by atoms with Crippen LogP contribution >= 0.6 is 0 Å². The third-order valence-corrected chi connectivity index (χ3v) is 4.24. The SMILES string of the molecule is C=C/C=C(\C)C1CN(c2ccc(C(C)(F)F)cc2)N=C1C.CCCC. The molecule has 1 aromatic carbocycles. The lowest BCUT2D eigenvalue weighted by Crippen LogP contribution is -2.19. The summed E-state index contributed by atoms with van der Waals surface area (Å²) in [7, 11) is 0. The summed E-state index contributed by atoms with van der Waals surface area (Å²) >= 11 is 0. The third kappa shape index (κ3) is 6.11. The molecular formula is C21H30F2N2. The largest absolute Gasteiger partial charge is 0.270 e. The molecule has 0 saturated heterocycles. The zero-order valence-electron chi connectivity index (χ0n) is 16.0. The fourth-order valence-electron chi connectivity index (χ4n) is 2.47. The molecule has 1 atom stereocenters. The molecule has 0 amide bonds. The average molecular weight is 348 g/mol. The molecule has 1 aromatic rings. The Balaban J connectivity index is 0.000000705. The molecular weight excluding hydrogens is 318 g/mol. The number of alkyl halides is 2. The van der Waals surface area contributed by atoms with Crippen molar-refractivity contribution in [1.82, 2.24) is 0 Å². The zero-order valence-corrected chi connectivity index (χ0v) is 16.0. The monoisotopic (exact) mass is 348 g/mol. The van der Waals surface area contributed by atoms with E-state index in [1.807, 2.05) is 18.0 Å². The number of benzene rings is 1.